The lowest BCUT2D eigenvalue weighted by atomic mass is 10.0. The maximum absolute atomic E-state index is 11.6. The van der Waals surface area contributed by atoms with E-state index in [1.807, 2.05) is 0 Å². The van der Waals surface area contributed by atoms with Crippen LogP contribution in [0.4, 0.5) is 0 Å². The second kappa shape index (κ2) is 4.39. The highest BCUT2D eigenvalue weighted by Crippen LogP contribution is 2.17. The van der Waals surface area contributed by atoms with Gasteiger partial charge >= 0.3 is 0 Å². The molecule has 6 nitrogen and oxygen atoms in total. The van der Waals surface area contributed by atoms with Gasteiger partial charge in [-0.3, -0.25) is 9.59 Å². The molecule has 0 aromatic carbocycles. The lowest BCUT2D eigenvalue weighted by Crippen LogP contribution is -2.48. The van der Waals surface area contributed by atoms with Crippen molar-refractivity contribution in [1.29, 1.82) is 0 Å². The maximum atomic E-state index is 11.6. The first-order valence-corrected chi connectivity index (χ1v) is 5.46. The van der Waals surface area contributed by atoms with Gasteiger partial charge < -0.3 is 20.5 Å². The van der Waals surface area contributed by atoms with Crippen LogP contribution in [0.1, 0.15) is 19.3 Å². The summed E-state index contributed by atoms with van der Waals surface area (Å²) in [5.41, 5.74) is -0.946. The van der Waals surface area contributed by atoms with Crippen LogP contribution in [0, 0.1) is 0 Å². The van der Waals surface area contributed by atoms with Crippen molar-refractivity contribution in [2.45, 2.75) is 30.9 Å². The number of carbonyl (C=O) groups excluding carboxylic acids is 2. The Hall–Kier alpha value is -1.14. The van der Waals surface area contributed by atoms with Gasteiger partial charge in [0.25, 0.3) is 0 Å². The Morgan fingerprint density at radius 2 is 2.50 bits per heavy atom. The number of amides is 2. The molecule has 0 radical (unpaired) electrons. The summed E-state index contributed by atoms with van der Waals surface area (Å²) in [7, 11) is 0. The molecule has 2 fully saturated rings. The second-order valence-corrected chi connectivity index (χ2v) is 4.40. The van der Waals surface area contributed by atoms with Crippen molar-refractivity contribution in [1.82, 2.24) is 10.6 Å². The average Bonchev–Trinajstić information content (AvgIpc) is 2.85. The summed E-state index contributed by atoms with van der Waals surface area (Å²) >= 11 is 0. The highest BCUT2D eigenvalue weighted by atomic mass is 16.5. The molecule has 2 amide bonds. The zero-order chi connectivity index (χ0) is 11.6. The third-order valence-electron chi connectivity index (χ3n) is 2.99. The van der Waals surface area contributed by atoms with Crippen molar-refractivity contribution < 1.29 is 19.4 Å². The molecule has 2 aliphatic rings. The standard InChI is InChI=1S/C10H16N2O4/c13-8-2-1-7(12-8)9(14)11-5-10(15)3-4-16-6-10/h7,15H,1-6H2,(H,11,14)(H,12,13)/t7-,10?/m1/s1. The topological polar surface area (TPSA) is 87.7 Å². The van der Waals surface area contributed by atoms with Gasteiger partial charge in [-0.15, -0.1) is 0 Å². The SMILES string of the molecule is O=C1CC[C@H](C(=O)NCC2(O)CCOC2)N1. The van der Waals surface area contributed by atoms with Gasteiger partial charge in [-0.2, -0.15) is 0 Å². The van der Waals surface area contributed by atoms with Gasteiger partial charge in [0.05, 0.1) is 6.61 Å². The molecule has 0 bridgehead atoms. The Balaban J connectivity index is 1.77. The van der Waals surface area contributed by atoms with Crippen molar-refractivity contribution in [2.75, 3.05) is 19.8 Å². The van der Waals surface area contributed by atoms with Crippen molar-refractivity contribution >= 4 is 11.8 Å². The van der Waals surface area contributed by atoms with Crippen LogP contribution in [0.2, 0.25) is 0 Å². The molecule has 6 heteroatoms. The Labute approximate surface area is 93.3 Å². The molecule has 90 valence electrons. The Morgan fingerprint density at radius 3 is 3.06 bits per heavy atom. The molecular weight excluding hydrogens is 212 g/mol. The van der Waals surface area contributed by atoms with Gasteiger partial charge in [-0.1, -0.05) is 0 Å². The molecule has 0 aromatic rings. The molecule has 2 rings (SSSR count). The largest absolute Gasteiger partial charge is 0.386 e. The zero-order valence-electron chi connectivity index (χ0n) is 8.99. The monoisotopic (exact) mass is 228 g/mol. The highest BCUT2D eigenvalue weighted by molar-refractivity contribution is 5.90. The van der Waals surface area contributed by atoms with Gasteiger partial charge in [0.2, 0.25) is 11.8 Å². The van der Waals surface area contributed by atoms with Gasteiger partial charge in [0, 0.05) is 26.0 Å². The first-order chi connectivity index (χ1) is 7.59. The van der Waals surface area contributed by atoms with Crippen LogP contribution in [0.3, 0.4) is 0 Å². The Bertz CT molecular complexity index is 299. The summed E-state index contributed by atoms with van der Waals surface area (Å²) in [6.45, 7) is 0.953. The number of rotatable bonds is 3. The summed E-state index contributed by atoms with van der Waals surface area (Å²) in [5, 5.41) is 15.1. The van der Waals surface area contributed by atoms with Crippen molar-refractivity contribution in [3.05, 3.63) is 0 Å². The molecule has 0 aliphatic carbocycles. The van der Waals surface area contributed by atoms with Crippen molar-refractivity contribution in [3.8, 4) is 0 Å². The van der Waals surface area contributed by atoms with E-state index in [-0.39, 0.29) is 25.0 Å². The number of ether oxygens (including phenoxy) is 1. The minimum atomic E-state index is -0.946. The molecule has 0 aromatic heterocycles. The number of nitrogens with one attached hydrogen (secondary N) is 2. The van der Waals surface area contributed by atoms with Crippen LogP contribution in [0.15, 0.2) is 0 Å². The van der Waals surface area contributed by atoms with Gasteiger partial charge in [-0.25, -0.2) is 0 Å². The molecule has 16 heavy (non-hydrogen) atoms. The predicted molar refractivity (Wildman–Crippen MR) is 54.6 cm³/mol. The van der Waals surface area contributed by atoms with Crippen LogP contribution in [-0.2, 0) is 14.3 Å². The van der Waals surface area contributed by atoms with E-state index in [1.165, 1.54) is 0 Å². The number of hydrogen-bond donors (Lipinski definition) is 3. The summed E-state index contributed by atoms with van der Waals surface area (Å²) < 4.78 is 5.06. The Morgan fingerprint density at radius 1 is 1.69 bits per heavy atom. The van der Waals surface area contributed by atoms with Crippen LogP contribution in [-0.4, -0.2) is 48.3 Å². The van der Waals surface area contributed by atoms with Gasteiger partial charge in [0.15, 0.2) is 0 Å². The third kappa shape index (κ3) is 2.51. The first kappa shape index (κ1) is 11.3. The third-order valence-corrected chi connectivity index (χ3v) is 2.99. The van der Waals surface area contributed by atoms with Gasteiger partial charge in [0.1, 0.15) is 11.6 Å². The smallest absolute Gasteiger partial charge is 0.242 e. The molecule has 2 aliphatic heterocycles. The molecule has 2 atom stereocenters. The van der Waals surface area contributed by atoms with Crippen molar-refractivity contribution in [3.63, 3.8) is 0 Å². The van der Waals surface area contributed by atoms with E-state index in [2.05, 4.69) is 10.6 Å². The summed E-state index contributed by atoms with van der Waals surface area (Å²) in [6.07, 6.45) is 1.45. The highest BCUT2D eigenvalue weighted by Gasteiger charge is 2.34. The second-order valence-electron chi connectivity index (χ2n) is 4.40. The molecular formula is C10H16N2O4. The normalized spacial score (nSPS) is 33.8. The molecule has 2 saturated heterocycles. The number of aliphatic hydroxyl groups is 1. The van der Waals surface area contributed by atoms with Crippen molar-refractivity contribution in [2.24, 2.45) is 0 Å². The van der Waals surface area contributed by atoms with E-state index in [4.69, 9.17) is 4.74 Å². The number of hydrogen-bond acceptors (Lipinski definition) is 4. The molecule has 1 unspecified atom stereocenters. The summed E-state index contributed by atoms with van der Waals surface area (Å²) in [5.74, 6) is -0.325. The predicted octanol–water partition coefficient (Wildman–Crippen LogP) is -1.47. The van der Waals surface area contributed by atoms with E-state index in [1.54, 1.807) is 0 Å². The fourth-order valence-electron chi connectivity index (χ4n) is 1.92. The summed E-state index contributed by atoms with van der Waals surface area (Å²) in [4.78, 5) is 22.5. The summed E-state index contributed by atoms with van der Waals surface area (Å²) in [6, 6.07) is -0.446. The minimum Gasteiger partial charge on any atom is -0.386 e. The zero-order valence-corrected chi connectivity index (χ0v) is 8.99. The quantitative estimate of drug-likeness (QED) is 0.550. The molecule has 0 saturated carbocycles. The van der Waals surface area contributed by atoms with Crippen LogP contribution in [0.25, 0.3) is 0 Å². The van der Waals surface area contributed by atoms with Crippen LogP contribution in [0.5, 0.6) is 0 Å². The Kier molecular flexibility index (Phi) is 3.11. The fourth-order valence-corrected chi connectivity index (χ4v) is 1.92. The minimum absolute atomic E-state index is 0.0944. The van der Waals surface area contributed by atoms with E-state index in [0.29, 0.717) is 25.9 Å². The number of carbonyl (C=O) groups is 2. The van der Waals surface area contributed by atoms with E-state index in [9.17, 15) is 14.7 Å². The first-order valence-electron chi connectivity index (χ1n) is 5.46. The fraction of sp³-hybridized carbons (Fsp3) is 0.800. The van der Waals surface area contributed by atoms with E-state index < -0.39 is 11.6 Å². The lowest BCUT2D eigenvalue weighted by molar-refractivity contribution is -0.126. The van der Waals surface area contributed by atoms with Gasteiger partial charge in [-0.05, 0) is 6.42 Å². The maximum Gasteiger partial charge on any atom is 0.242 e. The van der Waals surface area contributed by atoms with Crippen LogP contribution < -0.4 is 10.6 Å². The van der Waals surface area contributed by atoms with E-state index in [0.717, 1.165) is 0 Å². The average molecular weight is 228 g/mol. The lowest BCUT2D eigenvalue weighted by Gasteiger charge is -2.21. The molecule has 3 N–H and O–H groups in total. The molecule has 2 heterocycles. The molecule has 0 spiro atoms. The van der Waals surface area contributed by atoms with Crippen LogP contribution >= 0.6 is 0 Å². The van der Waals surface area contributed by atoms with E-state index >= 15 is 0 Å².